The molecule has 4 rings (SSSR count). The van der Waals surface area contributed by atoms with E-state index in [2.05, 4.69) is 10.6 Å². The van der Waals surface area contributed by atoms with Gasteiger partial charge in [-0.15, -0.1) is 0 Å². The second kappa shape index (κ2) is 8.44. The Hall–Kier alpha value is -3.93. The molecule has 0 aliphatic heterocycles. The molecule has 0 heterocycles. The highest BCUT2D eigenvalue weighted by Crippen LogP contribution is 2.29. The van der Waals surface area contributed by atoms with Crippen LogP contribution in [0, 0.1) is 0 Å². The molecule has 0 saturated heterocycles. The van der Waals surface area contributed by atoms with Gasteiger partial charge in [0.05, 0.1) is 6.61 Å². The highest BCUT2D eigenvalue weighted by atomic mass is 16.5. The molecule has 1 atom stereocenters. The molecule has 0 aromatic heterocycles. The summed E-state index contributed by atoms with van der Waals surface area (Å²) in [6, 6.07) is 18.4. The third kappa shape index (κ3) is 4.05. The van der Waals surface area contributed by atoms with E-state index in [1.54, 1.807) is 49.4 Å². The summed E-state index contributed by atoms with van der Waals surface area (Å²) < 4.78 is 5.42. The van der Waals surface area contributed by atoms with Crippen molar-refractivity contribution in [1.29, 1.82) is 0 Å². The lowest BCUT2D eigenvalue weighted by Crippen LogP contribution is -2.32. The minimum absolute atomic E-state index is 0.186. The first-order chi connectivity index (χ1) is 15.0. The van der Waals surface area contributed by atoms with Gasteiger partial charge in [-0.25, -0.2) is 0 Å². The van der Waals surface area contributed by atoms with Crippen LogP contribution in [0.4, 0.5) is 11.4 Å². The summed E-state index contributed by atoms with van der Waals surface area (Å²) in [5, 5.41) is 5.95. The Morgan fingerprint density at radius 1 is 0.839 bits per heavy atom. The van der Waals surface area contributed by atoms with E-state index in [4.69, 9.17) is 4.74 Å². The first-order valence-electron chi connectivity index (χ1n) is 10.1. The summed E-state index contributed by atoms with van der Waals surface area (Å²) in [6.45, 7) is 4.25. The van der Waals surface area contributed by atoms with Crippen molar-refractivity contribution in [2.45, 2.75) is 19.9 Å². The molecule has 0 bridgehead atoms. The first kappa shape index (κ1) is 20.3. The van der Waals surface area contributed by atoms with Crippen molar-refractivity contribution in [3.63, 3.8) is 0 Å². The molecular formula is C25H22N2O4. The van der Waals surface area contributed by atoms with Crippen LogP contribution in [-0.2, 0) is 4.79 Å². The maximum Gasteiger partial charge on any atom is 0.246 e. The Morgan fingerprint density at radius 3 is 2.06 bits per heavy atom. The van der Waals surface area contributed by atoms with E-state index in [0.717, 1.165) is 11.4 Å². The van der Waals surface area contributed by atoms with E-state index < -0.39 is 6.04 Å². The van der Waals surface area contributed by atoms with Crippen LogP contribution in [0.2, 0.25) is 0 Å². The molecule has 0 radical (unpaired) electrons. The zero-order valence-electron chi connectivity index (χ0n) is 17.3. The van der Waals surface area contributed by atoms with Crippen LogP contribution in [0.1, 0.15) is 45.7 Å². The van der Waals surface area contributed by atoms with Gasteiger partial charge in [-0.3, -0.25) is 14.4 Å². The van der Waals surface area contributed by atoms with Crippen molar-refractivity contribution in [1.82, 2.24) is 0 Å². The van der Waals surface area contributed by atoms with Gasteiger partial charge < -0.3 is 15.4 Å². The van der Waals surface area contributed by atoms with Gasteiger partial charge >= 0.3 is 0 Å². The fourth-order valence-electron chi connectivity index (χ4n) is 3.56. The minimum Gasteiger partial charge on any atom is -0.494 e. The topological polar surface area (TPSA) is 84.5 Å². The van der Waals surface area contributed by atoms with Crippen molar-refractivity contribution in [2.75, 3.05) is 17.2 Å². The van der Waals surface area contributed by atoms with E-state index in [1.165, 1.54) is 0 Å². The summed E-state index contributed by atoms with van der Waals surface area (Å²) in [7, 11) is 0. The normalized spacial score (nSPS) is 13.1. The van der Waals surface area contributed by atoms with Crippen LogP contribution in [-0.4, -0.2) is 30.1 Å². The lowest BCUT2D eigenvalue weighted by molar-refractivity contribution is -0.116. The number of nitrogens with one attached hydrogen (secondary N) is 2. The monoisotopic (exact) mass is 414 g/mol. The number of anilines is 2. The van der Waals surface area contributed by atoms with Crippen LogP contribution in [0.3, 0.4) is 0 Å². The van der Waals surface area contributed by atoms with Crippen molar-refractivity contribution in [2.24, 2.45) is 0 Å². The summed E-state index contributed by atoms with van der Waals surface area (Å²) in [5.74, 6) is 0.0966. The molecule has 1 aliphatic rings. The van der Waals surface area contributed by atoms with Crippen LogP contribution in [0.15, 0.2) is 66.7 Å². The Balaban J connectivity index is 1.48. The van der Waals surface area contributed by atoms with Gasteiger partial charge in [0.15, 0.2) is 11.6 Å². The van der Waals surface area contributed by atoms with Crippen molar-refractivity contribution in [3.8, 4) is 5.75 Å². The minimum atomic E-state index is -0.521. The Bertz CT molecular complexity index is 1170. The molecule has 6 heteroatoms. The summed E-state index contributed by atoms with van der Waals surface area (Å²) in [5.41, 5.74) is 2.69. The van der Waals surface area contributed by atoms with Crippen molar-refractivity contribution < 1.29 is 19.1 Å². The maximum absolute atomic E-state index is 12.9. The van der Waals surface area contributed by atoms with Gasteiger partial charge in [-0.1, -0.05) is 24.3 Å². The van der Waals surface area contributed by atoms with E-state index in [-0.39, 0.29) is 17.5 Å². The number of carbonyl (C=O) groups excluding carboxylic acids is 3. The van der Waals surface area contributed by atoms with Gasteiger partial charge in [-0.05, 0) is 56.3 Å². The maximum atomic E-state index is 12.9. The average molecular weight is 414 g/mol. The predicted octanol–water partition coefficient (Wildman–Crippen LogP) is 4.30. The third-order valence-electron chi connectivity index (χ3n) is 5.13. The first-order valence-corrected chi connectivity index (χ1v) is 10.1. The smallest absolute Gasteiger partial charge is 0.246 e. The number of carbonyl (C=O) groups is 3. The number of rotatable bonds is 6. The zero-order valence-corrected chi connectivity index (χ0v) is 17.3. The van der Waals surface area contributed by atoms with E-state index in [1.807, 2.05) is 31.2 Å². The van der Waals surface area contributed by atoms with E-state index in [9.17, 15) is 14.4 Å². The second-order valence-corrected chi connectivity index (χ2v) is 7.28. The standard InChI is InChI=1S/C25H22N2O4/c1-3-31-18-11-8-16(9-12-18)26-15(2)25(30)27-17-10-13-21-22(14-17)24(29)20-7-5-4-6-19(20)23(21)28/h4-15,26H,3H2,1-2H3,(H,27,30)/t15-/m1/s1. The molecule has 1 amide bonds. The Morgan fingerprint density at radius 2 is 1.42 bits per heavy atom. The molecule has 3 aromatic rings. The highest BCUT2D eigenvalue weighted by molar-refractivity contribution is 6.28. The van der Waals surface area contributed by atoms with Crippen LogP contribution >= 0.6 is 0 Å². The molecule has 31 heavy (non-hydrogen) atoms. The van der Waals surface area contributed by atoms with Gasteiger partial charge in [0.1, 0.15) is 11.8 Å². The number of hydrogen-bond acceptors (Lipinski definition) is 5. The van der Waals surface area contributed by atoms with Crippen molar-refractivity contribution in [3.05, 3.63) is 89.0 Å². The van der Waals surface area contributed by atoms with E-state index >= 15 is 0 Å². The zero-order chi connectivity index (χ0) is 22.0. The fourth-order valence-corrected chi connectivity index (χ4v) is 3.56. The third-order valence-corrected chi connectivity index (χ3v) is 5.13. The number of ketones is 2. The number of amides is 1. The summed E-state index contributed by atoms with van der Waals surface area (Å²) in [4.78, 5) is 38.2. The van der Waals surface area contributed by atoms with Crippen LogP contribution < -0.4 is 15.4 Å². The number of fused-ring (bicyclic) bond motifs is 2. The number of hydrogen-bond donors (Lipinski definition) is 2. The van der Waals surface area contributed by atoms with Gasteiger partial charge in [-0.2, -0.15) is 0 Å². The van der Waals surface area contributed by atoms with Crippen molar-refractivity contribution >= 4 is 28.8 Å². The summed E-state index contributed by atoms with van der Waals surface area (Å²) >= 11 is 0. The van der Waals surface area contributed by atoms with Gasteiger partial charge in [0.25, 0.3) is 0 Å². The fraction of sp³-hybridized carbons (Fsp3) is 0.160. The van der Waals surface area contributed by atoms with Gasteiger partial charge in [0.2, 0.25) is 5.91 Å². The molecule has 0 saturated carbocycles. The van der Waals surface area contributed by atoms with Gasteiger partial charge in [0, 0.05) is 33.6 Å². The number of ether oxygens (including phenoxy) is 1. The number of benzene rings is 3. The molecular weight excluding hydrogens is 392 g/mol. The molecule has 1 aliphatic carbocycles. The lowest BCUT2D eigenvalue weighted by atomic mass is 9.84. The molecule has 0 spiro atoms. The highest BCUT2D eigenvalue weighted by Gasteiger charge is 2.29. The Labute approximate surface area is 180 Å². The quantitative estimate of drug-likeness (QED) is 0.491. The average Bonchev–Trinajstić information content (AvgIpc) is 2.79. The van der Waals surface area contributed by atoms with Crippen LogP contribution in [0.25, 0.3) is 0 Å². The summed E-state index contributed by atoms with van der Waals surface area (Å²) in [6.07, 6.45) is 0. The molecule has 3 aromatic carbocycles. The molecule has 2 N–H and O–H groups in total. The predicted molar refractivity (Wildman–Crippen MR) is 119 cm³/mol. The Kier molecular flexibility index (Phi) is 5.54. The van der Waals surface area contributed by atoms with Crippen LogP contribution in [0.5, 0.6) is 5.75 Å². The lowest BCUT2D eigenvalue weighted by Gasteiger charge is -2.19. The largest absolute Gasteiger partial charge is 0.494 e. The van der Waals surface area contributed by atoms with E-state index in [0.29, 0.717) is 34.5 Å². The second-order valence-electron chi connectivity index (χ2n) is 7.28. The molecule has 6 nitrogen and oxygen atoms in total. The SMILES string of the molecule is CCOc1ccc(N[C@H](C)C(=O)Nc2ccc3c(c2)C(=O)c2ccccc2C3=O)cc1. The molecule has 0 unspecified atom stereocenters. The molecule has 0 fully saturated rings. The molecule has 156 valence electrons.